The van der Waals surface area contributed by atoms with Gasteiger partial charge in [0.1, 0.15) is 12.7 Å². The molecule has 3 N–H and O–H groups in total. The number of aliphatic hydroxyl groups is 2. The number of carbonyl (C=O) groups excluding carboxylic acids is 2. The second-order valence-corrected chi connectivity index (χ2v) is 16.9. The summed E-state index contributed by atoms with van der Waals surface area (Å²) < 4.78 is 32.7. The average Bonchev–Trinajstić information content (AvgIpc) is 3.19. The normalized spacial score (nSPS) is 14.0. The first-order valence-electron chi connectivity index (χ1n) is 22.8. The zero-order chi connectivity index (χ0) is 41.2. The zero-order valence-electron chi connectivity index (χ0n) is 35.9. The first kappa shape index (κ1) is 54.5. The van der Waals surface area contributed by atoms with Gasteiger partial charge in [-0.05, 0) is 64.2 Å². The molecule has 0 aromatic rings. The highest BCUT2D eigenvalue weighted by molar-refractivity contribution is 7.47. The molecule has 0 aliphatic rings. The SMILES string of the molecule is CCCCCCCC/C=C\CCCCCCCCCC(=O)OC(COC(=O)CCCCCCC/C=C\CCCCCCCCC)COP(=O)(O)OCC(O)CO. The fourth-order valence-corrected chi connectivity index (χ4v) is 7.07. The lowest BCUT2D eigenvalue weighted by Gasteiger charge is -2.20. The Labute approximate surface area is 342 Å². The van der Waals surface area contributed by atoms with E-state index in [1.807, 2.05) is 0 Å². The Balaban J connectivity index is 4.27. The summed E-state index contributed by atoms with van der Waals surface area (Å²) in [6, 6.07) is 0. The predicted molar refractivity (Wildman–Crippen MR) is 228 cm³/mol. The van der Waals surface area contributed by atoms with E-state index in [1.54, 1.807) is 0 Å². The van der Waals surface area contributed by atoms with Crippen molar-refractivity contribution in [2.45, 2.75) is 225 Å². The molecule has 0 rings (SSSR count). The number of phosphoric ester groups is 1. The van der Waals surface area contributed by atoms with Crippen molar-refractivity contribution in [3.05, 3.63) is 24.3 Å². The molecule has 0 fully saturated rings. The molecule has 0 spiro atoms. The Morgan fingerprint density at radius 1 is 0.518 bits per heavy atom. The fourth-order valence-electron chi connectivity index (χ4n) is 6.28. The molecule has 0 aliphatic heterocycles. The third-order valence-electron chi connectivity index (χ3n) is 9.83. The third kappa shape index (κ3) is 40.6. The maximum Gasteiger partial charge on any atom is 0.472 e. The standard InChI is InChI=1S/C45H85O10P/c1-3-5-7-9-11-13-15-17-19-21-23-25-27-29-31-33-35-37-45(49)55-43(41-54-56(50,51)53-39-42(47)38-46)40-52-44(48)36-34-32-30-28-26-24-22-20-18-16-14-12-10-8-6-4-2/h17,19-20,22,42-43,46-47H,3-16,18,21,23-41H2,1-2H3,(H,50,51)/b19-17-,22-20-. The summed E-state index contributed by atoms with van der Waals surface area (Å²) in [5.74, 6) is -0.933. The minimum absolute atomic E-state index is 0.179. The quantitative estimate of drug-likeness (QED) is 0.0235. The number of phosphoric acid groups is 1. The van der Waals surface area contributed by atoms with Gasteiger partial charge in [0, 0.05) is 12.8 Å². The number of unbranched alkanes of at least 4 members (excludes halogenated alkanes) is 25. The number of rotatable bonds is 43. The van der Waals surface area contributed by atoms with Crippen LogP contribution in [0.15, 0.2) is 24.3 Å². The first-order valence-corrected chi connectivity index (χ1v) is 24.3. The van der Waals surface area contributed by atoms with Crippen LogP contribution >= 0.6 is 7.82 Å². The number of allylic oxidation sites excluding steroid dienone is 4. The molecule has 0 saturated carbocycles. The molecule has 0 aliphatic carbocycles. The van der Waals surface area contributed by atoms with Crippen LogP contribution in [0.2, 0.25) is 0 Å². The number of carbonyl (C=O) groups is 2. The number of hydrogen-bond acceptors (Lipinski definition) is 9. The lowest BCUT2D eigenvalue weighted by molar-refractivity contribution is -0.161. The summed E-state index contributed by atoms with van der Waals surface area (Å²) in [4.78, 5) is 35.0. The molecule has 3 atom stereocenters. The smallest absolute Gasteiger partial charge is 0.462 e. The fraction of sp³-hybridized carbons (Fsp3) is 0.867. The van der Waals surface area contributed by atoms with Gasteiger partial charge in [0.15, 0.2) is 6.10 Å². The number of hydrogen-bond donors (Lipinski definition) is 3. The van der Waals surface area contributed by atoms with Crippen molar-refractivity contribution in [1.29, 1.82) is 0 Å². The molecular formula is C45H85O10P. The van der Waals surface area contributed by atoms with Crippen molar-refractivity contribution in [3.8, 4) is 0 Å². The van der Waals surface area contributed by atoms with Gasteiger partial charge in [-0.15, -0.1) is 0 Å². The van der Waals surface area contributed by atoms with E-state index in [4.69, 9.17) is 23.6 Å². The molecule has 330 valence electrons. The number of ether oxygens (including phenoxy) is 2. The van der Waals surface area contributed by atoms with Crippen molar-refractivity contribution in [3.63, 3.8) is 0 Å². The molecule has 0 aromatic carbocycles. The summed E-state index contributed by atoms with van der Waals surface area (Å²) >= 11 is 0. The Hall–Kier alpha value is -1.55. The van der Waals surface area contributed by atoms with E-state index in [0.29, 0.717) is 12.8 Å². The second kappa shape index (κ2) is 41.6. The summed E-state index contributed by atoms with van der Waals surface area (Å²) in [5.41, 5.74) is 0. The maximum absolute atomic E-state index is 12.6. The minimum atomic E-state index is -4.62. The van der Waals surface area contributed by atoms with E-state index >= 15 is 0 Å². The van der Waals surface area contributed by atoms with Gasteiger partial charge >= 0.3 is 19.8 Å². The maximum atomic E-state index is 12.6. The molecule has 0 radical (unpaired) electrons. The molecule has 0 heterocycles. The number of esters is 2. The van der Waals surface area contributed by atoms with Crippen molar-refractivity contribution in [2.75, 3.05) is 26.4 Å². The van der Waals surface area contributed by atoms with Crippen molar-refractivity contribution < 1.29 is 47.8 Å². The monoisotopic (exact) mass is 817 g/mol. The summed E-state index contributed by atoms with van der Waals surface area (Å²) in [5, 5.41) is 18.3. The van der Waals surface area contributed by atoms with Crippen LogP contribution in [0.5, 0.6) is 0 Å². The summed E-state index contributed by atoms with van der Waals surface area (Å²) in [6.07, 6.45) is 41.4. The zero-order valence-corrected chi connectivity index (χ0v) is 36.8. The van der Waals surface area contributed by atoms with E-state index in [1.165, 1.54) is 116 Å². The second-order valence-electron chi connectivity index (χ2n) is 15.4. The van der Waals surface area contributed by atoms with Crippen LogP contribution in [0, 0.1) is 0 Å². The molecule has 0 aromatic heterocycles. The van der Waals surface area contributed by atoms with Crippen LogP contribution < -0.4 is 0 Å². The van der Waals surface area contributed by atoms with E-state index in [-0.39, 0.29) is 19.4 Å². The van der Waals surface area contributed by atoms with Gasteiger partial charge in [-0.1, -0.05) is 160 Å². The average molecular weight is 817 g/mol. The van der Waals surface area contributed by atoms with Crippen molar-refractivity contribution >= 4 is 19.8 Å². The van der Waals surface area contributed by atoms with Gasteiger partial charge in [0.05, 0.1) is 19.8 Å². The molecule has 56 heavy (non-hydrogen) atoms. The van der Waals surface area contributed by atoms with Gasteiger partial charge in [0.25, 0.3) is 0 Å². The van der Waals surface area contributed by atoms with Gasteiger partial charge in [-0.2, -0.15) is 0 Å². The van der Waals surface area contributed by atoms with E-state index in [9.17, 15) is 24.2 Å². The Kier molecular flexibility index (Phi) is 40.5. The first-order chi connectivity index (χ1) is 27.2. The highest BCUT2D eigenvalue weighted by atomic mass is 31.2. The van der Waals surface area contributed by atoms with Crippen LogP contribution in [-0.2, 0) is 32.7 Å². The third-order valence-corrected chi connectivity index (χ3v) is 10.8. The molecule has 3 unspecified atom stereocenters. The van der Waals surface area contributed by atoms with E-state index in [0.717, 1.165) is 57.8 Å². The highest BCUT2D eigenvalue weighted by Gasteiger charge is 2.27. The molecular weight excluding hydrogens is 731 g/mol. The molecule has 0 saturated heterocycles. The Bertz CT molecular complexity index is 988. The van der Waals surface area contributed by atoms with Gasteiger partial charge in [0.2, 0.25) is 0 Å². The van der Waals surface area contributed by atoms with Crippen molar-refractivity contribution in [1.82, 2.24) is 0 Å². The molecule has 0 amide bonds. The molecule has 10 nitrogen and oxygen atoms in total. The van der Waals surface area contributed by atoms with E-state index < -0.39 is 51.8 Å². The van der Waals surface area contributed by atoms with Crippen LogP contribution in [0.25, 0.3) is 0 Å². The summed E-state index contributed by atoms with van der Waals surface area (Å²) in [6.45, 7) is 2.38. The van der Waals surface area contributed by atoms with E-state index in [2.05, 4.69) is 38.2 Å². The Morgan fingerprint density at radius 3 is 1.29 bits per heavy atom. The van der Waals surface area contributed by atoms with Gasteiger partial charge < -0.3 is 24.6 Å². The van der Waals surface area contributed by atoms with Crippen LogP contribution in [0.3, 0.4) is 0 Å². The largest absolute Gasteiger partial charge is 0.472 e. The van der Waals surface area contributed by atoms with Gasteiger partial charge in [-0.25, -0.2) is 4.57 Å². The van der Waals surface area contributed by atoms with Crippen LogP contribution in [0.1, 0.15) is 213 Å². The topological polar surface area (TPSA) is 149 Å². The minimum Gasteiger partial charge on any atom is -0.462 e. The Morgan fingerprint density at radius 2 is 0.875 bits per heavy atom. The lowest BCUT2D eigenvalue weighted by Crippen LogP contribution is -2.29. The summed E-state index contributed by atoms with van der Waals surface area (Å²) in [7, 11) is -4.62. The van der Waals surface area contributed by atoms with Crippen LogP contribution in [-0.4, -0.2) is 65.7 Å². The van der Waals surface area contributed by atoms with Crippen molar-refractivity contribution in [2.24, 2.45) is 0 Å². The molecule has 11 heteroatoms. The predicted octanol–water partition coefficient (Wildman–Crippen LogP) is 12.2. The molecule has 0 bridgehead atoms. The number of aliphatic hydroxyl groups excluding tert-OH is 2. The highest BCUT2D eigenvalue weighted by Crippen LogP contribution is 2.43. The lowest BCUT2D eigenvalue weighted by atomic mass is 10.1. The van der Waals surface area contributed by atoms with Crippen LogP contribution in [0.4, 0.5) is 0 Å². The van der Waals surface area contributed by atoms with Gasteiger partial charge in [-0.3, -0.25) is 18.6 Å².